The Hall–Kier alpha value is -0.970. The molecule has 1 unspecified atom stereocenters. The Balaban J connectivity index is 2.15. The zero-order chi connectivity index (χ0) is 14.6. The number of nitrogens with one attached hydrogen (secondary N) is 1. The standard InChI is InChI=1S/C15H31N5/c1-4-6-7-8-9-10-11-12-14(16-5-2)13-15-17-19-20(3)18-15/h14,16H,4-13H2,1-3H3. The smallest absolute Gasteiger partial charge is 0.176 e. The number of aryl methyl sites for hydroxylation is 1. The van der Waals surface area contributed by atoms with E-state index in [0.29, 0.717) is 6.04 Å². The summed E-state index contributed by atoms with van der Waals surface area (Å²) in [5.74, 6) is 0.849. The van der Waals surface area contributed by atoms with Gasteiger partial charge in [0, 0.05) is 12.5 Å². The highest BCUT2D eigenvalue weighted by atomic mass is 15.6. The van der Waals surface area contributed by atoms with E-state index in [1.54, 1.807) is 0 Å². The van der Waals surface area contributed by atoms with E-state index in [9.17, 15) is 0 Å². The highest BCUT2D eigenvalue weighted by Crippen LogP contribution is 2.11. The van der Waals surface area contributed by atoms with Crippen LogP contribution < -0.4 is 5.32 Å². The van der Waals surface area contributed by atoms with Gasteiger partial charge in [-0.25, -0.2) is 0 Å². The van der Waals surface area contributed by atoms with E-state index in [4.69, 9.17) is 0 Å². The monoisotopic (exact) mass is 281 g/mol. The Labute approximate surface area is 123 Å². The third-order valence-corrected chi connectivity index (χ3v) is 3.63. The van der Waals surface area contributed by atoms with E-state index in [-0.39, 0.29) is 0 Å². The molecule has 0 saturated heterocycles. The van der Waals surface area contributed by atoms with E-state index in [0.717, 1.165) is 18.8 Å². The van der Waals surface area contributed by atoms with Crippen LogP contribution in [0.2, 0.25) is 0 Å². The molecule has 5 heteroatoms. The predicted molar refractivity (Wildman–Crippen MR) is 82.6 cm³/mol. The summed E-state index contributed by atoms with van der Waals surface area (Å²) in [5.41, 5.74) is 0. The Kier molecular flexibility index (Phi) is 9.20. The third kappa shape index (κ3) is 7.58. The third-order valence-electron chi connectivity index (χ3n) is 3.63. The molecule has 0 aliphatic heterocycles. The Morgan fingerprint density at radius 2 is 1.75 bits per heavy atom. The van der Waals surface area contributed by atoms with Crippen molar-refractivity contribution in [2.45, 2.75) is 77.7 Å². The summed E-state index contributed by atoms with van der Waals surface area (Å²) < 4.78 is 0. The maximum Gasteiger partial charge on any atom is 0.176 e. The predicted octanol–water partition coefficient (Wildman–Crippen LogP) is 2.87. The summed E-state index contributed by atoms with van der Waals surface area (Å²) in [5, 5.41) is 15.8. The SMILES string of the molecule is CCCCCCCCCC(Cc1nnn(C)n1)NCC. The minimum absolute atomic E-state index is 0.486. The Morgan fingerprint density at radius 1 is 1.05 bits per heavy atom. The molecule has 1 heterocycles. The second kappa shape index (κ2) is 10.8. The fraction of sp³-hybridized carbons (Fsp3) is 0.933. The Bertz CT molecular complexity index is 337. The maximum atomic E-state index is 4.27. The number of nitrogens with zero attached hydrogens (tertiary/aromatic N) is 4. The zero-order valence-corrected chi connectivity index (χ0v) is 13.4. The lowest BCUT2D eigenvalue weighted by Gasteiger charge is -2.15. The van der Waals surface area contributed by atoms with Gasteiger partial charge < -0.3 is 5.32 Å². The number of rotatable bonds is 12. The summed E-state index contributed by atoms with van der Waals surface area (Å²) in [6, 6.07) is 0.486. The molecule has 1 aromatic heterocycles. The average molecular weight is 281 g/mol. The minimum Gasteiger partial charge on any atom is -0.314 e. The first-order valence-corrected chi connectivity index (χ1v) is 8.22. The van der Waals surface area contributed by atoms with Crippen molar-refractivity contribution >= 4 is 0 Å². The topological polar surface area (TPSA) is 55.6 Å². The molecule has 1 rings (SSSR count). The first-order chi connectivity index (χ1) is 9.76. The van der Waals surface area contributed by atoms with Crippen LogP contribution in [0.3, 0.4) is 0 Å². The van der Waals surface area contributed by atoms with E-state index >= 15 is 0 Å². The average Bonchev–Trinajstić information content (AvgIpc) is 2.83. The zero-order valence-electron chi connectivity index (χ0n) is 13.4. The second-order valence-electron chi connectivity index (χ2n) is 5.56. The fourth-order valence-corrected chi connectivity index (χ4v) is 2.54. The van der Waals surface area contributed by atoms with E-state index in [1.165, 1.54) is 56.2 Å². The van der Waals surface area contributed by atoms with Gasteiger partial charge in [0.1, 0.15) is 0 Å². The van der Waals surface area contributed by atoms with Crippen LogP contribution in [0.4, 0.5) is 0 Å². The van der Waals surface area contributed by atoms with Crippen molar-refractivity contribution in [2.75, 3.05) is 6.54 Å². The van der Waals surface area contributed by atoms with Gasteiger partial charge in [0.2, 0.25) is 0 Å². The van der Waals surface area contributed by atoms with Crippen molar-refractivity contribution in [3.8, 4) is 0 Å². The van der Waals surface area contributed by atoms with Crippen LogP contribution in [0.1, 0.15) is 71.0 Å². The van der Waals surface area contributed by atoms with Gasteiger partial charge in [-0.1, -0.05) is 58.8 Å². The number of aromatic nitrogens is 4. The molecule has 0 saturated carbocycles. The van der Waals surface area contributed by atoms with Crippen molar-refractivity contribution < 1.29 is 0 Å². The van der Waals surface area contributed by atoms with E-state index in [2.05, 4.69) is 34.6 Å². The molecule has 5 nitrogen and oxygen atoms in total. The van der Waals surface area contributed by atoms with E-state index < -0.39 is 0 Å². The van der Waals surface area contributed by atoms with Crippen LogP contribution in [-0.4, -0.2) is 32.8 Å². The minimum atomic E-state index is 0.486. The van der Waals surface area contributed by atoms with Gasteiger partial charge in [0.15, 0.2) is 5.82 Å². The second-order valence-corrected chi connectivity index (χ2v) is 5.56. The molecule has 0 aliphatic rings. The summed E-state index contributed by atoms with van der Waals surface area (Å²) in [4.78, 5) is 1.53. The van der Waals surface area contributed by atoms with Gasteiger partial charge in [0.05, 0.1) is 7.05 Å². The van der Waals surface area contributed by atoms with Crippen LogP contribution in [0, 0.1) is 0 Å². The molecule has 0 spiro atoms. The van der Waals surface area contributed by atoms with Gasteiger partial charge >= 0.3 is 0 Å². The fourth-order valence-electron chi connectivity index (χ4n) is 2.54. The molecular weight excluding hydrogens is 250 g/mol. The van der Waals surface area contributed by atoms with Crippen LogP contribution in [0.15, 0.2) is 0 Å². The van der Waals surface area contributed by atoms with Gasteiger partial charge in [-0.15, -0.1) is 10.2 Å². The van der Waals surface area contributed by atoms with Crippen molar-refractivity contribution in [2.24, 2.45) is 7.05 Å². The van der Waals surface area contributed by atoms with Crippen LogP contribution in [-0.2, 0) is 13.5 Å². The van der Waals surface area contributed by atoms with Crippen molar-refractivity contribution in [1.29, 1.82) is 0 Å². The summed E-state index contributed by atoms with van der Waals surface area (Å²) >= 11 is 0. The van der Waals surface area contributed by atoms with Gasteiger partial charge in [-0.2, -0.15) is 4.80 Å². The largest absolute Gasteiger partial charge is 0.314 e. The Morgan fingerprint density at radius 3 is 2.35 bits per heavy atom. The molecule has 0 fully saturated rings. The summed E-state index contributed by atoms with van der Waals surface area (Å²) in [6.45, 7) is 5.42. The normalized spacial score (nSPS) is 12.8. The van der Waals surface area contributed by atoms with Crippen LogP contribution in [0.5, 0.6) is 0 Å². The molecule has 1 N–H and O–H groups in total. The molecule has 0 amide bonds. The number of unbranched alkanes of at least 4 members (excludes halogenated alkanes) is 6. The molecule has 20 heavy (non-hydrogen) atoms. The molecular formula is C15H31N5. The quantitative estimate of drug-likeness (QED) is 0.599. The lowest BCUT2D eigenvalue weighted by atomic mass is 10.0. The van der Waals surface area contributed by atoms with Gasteiger partial charge in [0.25, 0.3) is 0 Å². The number of hydrogen-bond donors (Lipinski definition) is 1. The molecule has 1 atom stereocenters. The highest BCUT2D eigenvalue weighted by molar-refractivity contribution is 4.84. The number of hydrogen-bond acceptors (Lipinski definition) is 4. The molecule has 0 aromatic carbocycles. The number of tetrazole rings is 1. The lowest BCUT2D eigenvalue weighted by molar-refractivity contribution is 0.451. The van der Waals surface area contributed by atoms with Crippen molar-refractivity contribution in [3.63, 3.8) is 0 Å². The molecule has 0 aliphatic carbocycles. The molecule has 0 bridgehead atoms. The first kappa shape index (κ1) is 17.1. The molecule has 0 radical (unpaired) electrons. The van der Waals surface area contributed by atoms with Crippen molar-refractivity contribution in [1.82, 2.24) is 25.5 Å². The lowest BCUT2D eigenvalue weighted by Crippen LogP contribution is -2.31. The maximum absolute atomic E-state index is 4.27. The summed E-state index contributed by atoms with van der Waals surface area (Å²) in [7, 11) is 1.81. The van der Waals surface area contributed by atoms with Gasteiger partial charge in [-0.3, -0.25) is 0 Å². The van der Waals surface area contributed by atoms with Crippen LogP contribution in [0.25, 0.3) is 0 Å². The summed E-state index contributed by atoms with van der Waals surface area (Å²) in [6.07, 6.45) is 11.6. The van der Waals surface area contributed by atoms with Crippen molar-refractivity contribution in [3.05, 3.63) is 5.82 Å². The highest BCUT2D eigenvalue weighted by Gasteiger charge is 2.11. The molecule has 1 aromatic rings. The first-order valence-electron chi connectivity index (χ1n) is 8.22. The van der Waals surface area contributed by atoms with Gasteiger partial charge in [-0.05, 0) is 18.2 Å². The number of likely N-dealkylation sites (N-methyl/N-ethyl adjacent to an activating group) is 1. The molecule has 116 valence electrons. The van der Waals surface area contributed by atoms with E-state index in [1.807, 2.05) is 7.05 Å². The van der Waals surface area contributed by atoms with Crippen LogP contribution >= 0.6 is 0 Å².